The van der Waals surface area contributed by atoms with Crippen LogP contribution in [0, 0.1) is 0 Å². The van der Waals surface area contributed by atoms with E-state index < -0.39 is 0 Å². The van der Waals surface area contributed by atoms with Gasteiger partial charge in [-0.25, -0.2) is 4.99 Å². The van der Waals surface area contributed by atoms with Crippen LogP contribution in [0.1, 0.15) is 35.2 Å². The van der Waals surface area contributed by atoms with Crippen molar-refractivity contribution < 1.29 is 0 Å². The third-order valence-electron chi connectivity index (χ3n) is 7.10. The Morgan fingerprint density at radius 3 is 1.88 bits per heavy atom. The quantitative estimate of drug-likeness (QED) is 0.338. The van der Waals surface area contributed by atoms with Crippen LogP contribution in [0.15, 0.2) is 126 Å². The molecule has 2 heteroatoms. The first-order valence-electron chi connectivity index (χ1n) is 11.6. The van der Waals surface area contributed by atoms with Gasteiger partial charge in [0.15, 0.2) is 0 Å². The van der Waals surface area contributed by atoms with Gasteiger partial charge in [0.1, 0.15) is 11.3 Å². The normalized spacial score (nSPS) is 20.5. The average molecular weight is 427 g/mol. The lowest BCUT2D eigenvalue weighted by molar-refractivity contribution is 0.159. The molecule has 6 rings (SSSR count). The molecule has 1 fully saturated rings. The molecule has 0 aromatic heterocycles. The zero-order valence-electron chi connectivity index (χ0n) is 18.7. The number of aliphatic imine (C=N–C) groups is 1. The Morgan fingerprint density at radius 1 is 0.697 bits per heavy atom. The number of rotatable bonds is 4. The topological polar surface area (TPSA) is 15.6 Å². The van der Waals surface area contributed by atoms with E-state index in [0.29, 0.717) is 0 Å². The molecule has 0 spiro atoms. The van der Waals surface area contributed by atoms with E-state index in [-0.39, 0.29) is 17.5 Å². The molecule has 2 aliphatic heterocycles. The Morgan fingerprint density at radius 2 is 1.24 bits per heavy atom. The summed E-state index contributed by atoms with van der Waals surface area (Å²) < 4.78 is 0. The van der Waals surface area contributed by atoms with E-state index in [1.54, 1.807) is 0 Å². The first kappa shape index (κ1) is 19.8. The van der Waals surface area contributed by atoms with Gasteiger partial charge in [0.05, 0.1) is 17.8 Å². The Kier molecular flexibility index (Phi) is 4.73. The lowest BCUT2D eigenvalue weighted by Gasteiger charge is -2.62. The van der Waals surface area contributed by atoms with Gasteiger partial charge in [0.25, 0.3) is 0 Å². The van der Waals surface area contributed by atoms with Crippen molar-refractivity contribution in [3.8, 4) is 0 Å². The van der Waals surface area contributed by atoms with E-state index in [1.165, 1.54) is 22.3 Å². The molecule has 2 heterocycles. The van der Waals surface area contributed by atoms with Crippen LogP contribution in [0.2, 0.25) is 0 Å². The number of fused-ring (bicyclic) bond motifs is 2. The summed E-state index contributed by atoms with van der Waals surface area (Å²) in [4.78, 5) is 7.79. The third-order valence-corrected chi connectivity index (χ3v) is 7.10. The first-order chi connectivity index (χ1) is 16.3. The number of hydrogen-bond donors (Lipinski definition) is 0. The average Bonchev–Trinajstić information content (AvgIpc) is 2.88. The van der Waals surface area contributed by atoms with E-state index >= 15 is 0 Å². The first-order valence-corrected chi connectivity index (χ1v) is 11.6. The van der Waals surface area contributed by atoms with Crippen molar-refractivity contribution >= 4 is 17.6 Å². The Hall–Kier alpha value is -3.91. The lowest BCUT2D eigenvalue weighted by atomic mass is 9.60. The molecule has 0 radical (unpaired) electrons. The lowest BCUT2D eigenvalue weighted by Crippen LogP contribution is -2.72. The summed E-state index contributed by atoms with van der Waals surface area (Å²) in [6.45, 7) is 2.30. The number of benzene rings is 4. The van der Waals surface area contributed by atoms with Crippen LogP contribution in [-0.4, -0.2) is 16.8 Å². The highest BCUT2D eigenvalue weighted by atomic mass is 15.3. The second-order valence-corrected chi connectivity index (χ2v) is 8.83. The minimum absolute atomic E-state index is 0.143. The molecule has 33 heavy (non-hydrogen) atoms. The maximum Gasteiger partial charge on any atom is 0.124 e. The van der Waals surface area contributed by atoms with Gasteiger partial charge < -0.3 is 4.90 Å². The van der Waals surface area contributed by atoms with Crippen LogP contribution in [0.5, 0.6) is 0 Å². The van der Waals surface area contributed by atoms with E-state index in [4.69, 9.17) is 4.99 Å². The van der Waals surface area contributed by atoms with Gasteiger partial charge in [-0.15, -0.1) is 0 Å². The van der Waals surface area contributed by atoms with Crippen LogP contribution >= 0.6 is 0 Å². The largest absolute Gasteiger partial charge is 0.344 e. The number of nitrogens with zero attached hydrogens (tertiary/aromatic N) is 2. The van der Waals surface area contributed by atoms with Crippen LogP contribution in [0.4, 0.5) is 5.69 Å². The summed E-state index contributed by atoms with van der Waals surface area (Å²) >= 11 is 0. The Balaban J connectivity index is 1.60. The van der Waals surface area contributed by atoms with E-state index in [9.17, 15) is 0 Å². The van der Waals surface area contributed by atoms with Gasteiger partial charge in [-0.05, 0) is 29.7 Å². The molecule has 0 aliphatic carbocycles. The molecule has 0 N–H and O–H groups in total. The standard InChI is InChI=1S/C31H26N2/c1-23-27-19-11-12-20-28(27)32-30-31(25-15-7-3-8-16-25,26-17-9-4-10-18-26)29(33(23)30)22-21-24-13-5-2-6-14-24/h2-23,29H,1H3/b22-21+/t23-,29-/m0/s1. The van der Waals surface area contributed by atoms with Gasteiger partial charge in [0.2, 0.25) is 0 Å². The van der Waals surface area contributed by atoms with Crippen molar-refractivity contribution in [1.29, 1.82) is 0 Å². The summed E-state index contributed by atoms with van der Waals surface area (Å²) in [5.41, 5.74) is 5.80. The minimum atomic E-state index is -0.338. The number of hydrogen-bond acceptors (Lipinski definition) is 2. The van der Waals surface area contributed by atoms with Gasteiger partial charge in [0, 0.05) is 5.56 Å². The van der Waals surface area contributed by atoms with Crippen LogP contribution < -0.4 is 0 Å². The molecule has 0 unspecified atom stereocenters. The van der Waals surface area contributed by atoms with Crippen molar-refractivity contribution in [2.24, 2.45) is 4.99 Å². The van der Waals surface area contributed by atoms with Crippen molar-refractivity contribution in [3.63, 3.8) is 0 Å². The van der Waals surface area contributed by atoms with E-state index in [0.717, 1.165) is 11.5 Å². The van der Waals surface area contributed by atoms with Crippen molar-refractivity contribution in [2.45, 2.75) is 24.4 Å². The molecule has 160 valence electrons. The summed E-state index contributed by atoms with van der Waals surface area (Å²) in [6, 6.07) is 41.3. The summed E-state index contributed by atoms with van der Waals surface area (Å²) in [6.07, 6.45) is 4.63. The summed E-state index contributed by atoms with van der Waals surface area (Å²) in [5, 5.41) is 0. The molecule has 2 nitrogen and oxygen atoms in total. The molecular weight excluding hydrogens is 400 g/mol. The molecule has 0 amide bonds. The van der Waals surface area contributed by atoms with Gasteiger partial charge in [-0.3, -0.25) is 0 Å². The van der Waals surface area contributed by atoms with Crippen LogP contribution in [-0.2, 0) is 5.41 Å². The highest BCUT2D eigenvalue weighted by Gasteiger charge is 2.61. The second-order valence-electron chi connectivity index (χ2n) is 8.83. The SMILES string of the molecule is C[C@H]1c2ccccc2N=C2N1[C@@H](/C=C/c1ccccc1)C2(c1ccccc1)c1ccccc1. The van der Waals surface area contributed by atoms with Gasteiger partial charge in [-0.1, -0.05) is 121 Å². The van der Waals surface area contributed by atoms with Crippen LogP contribution in [0.25, 0.3) is 6.08 Å². The molecule has 4 aromatic rings. The number of para-hydroxylation sites is 1. The fourth-order valence-corrected chi connectivity index (χ4v) is 5.56. The minimum Gasteiger partial charge on any atom is -0.344 e. The monoisotopic (exact) mass is 426 g/mol. The molecule has 2 atom stereocenters. The van der Waals surface area contributed by atoms with E-state index in [1.807, 2.05) is 0 Å². The highest BCUT2D eigenvalue weighted by Crippen LogP contribution is 2.55. The van der Waals surface area contributed by atoms with Crippen molar-refractivity contribution in [1.82, 2.24) is 4.90 Å². The third kappa shape index (κ3) is 2.98. The zero-order chi connectivity index (χ0) is 22.3. The second kappa shape index (κ2) is 7.90. The van der Waals surface area contributed by atoms with Crippen molar-refractivity contribution in [3.05, 3.63) is 144 Å². The molecule has 0 saturated carbocycles. The van der Waals surface area contributed by atoms with E-state index in [2.05, 4.69) is 139 Å². The predicted octanol–water partition coefficient (Wildman–Crippen LogP) is 7.18. The molecule has 0 bridgehead atoms. The van der Waals surface area contributed by atoms with Crippen LogP contribution in [0.3, 0.4) is 0 Å². The molecule has 1 saturated heterocycles. The number of amidine groups is 1. The molecular formula is C31H26N2. The molecule has 2 aliphatic rings. The molecule has 4 aromatic carbocycles. The van der Waals surface area contributed by atoms with Gasteiger partial charge >= 0.3 is 0 Å². The van der Waals surface area contributed by atoms with Crippen molar-refractivity contribution in [2.75, 3.05) is 0 Å². The smallest absolute Gasteiger partial charge is 0.124 e. The highest BCUT2D eigenvalue weighted by molar-refractivity contribution is 6.07. The Bertz CT molecular complexity index is 1280. The Labute approximate surface area is 195 Å². The fraction of sp³-hybridized carbons (Fsp3) is 0.129. The predicted molar refractivity (Wildman–Crippen MR) is 137 cm³/mol. The maximum absolute atomic E-state index is 5.28. The summed E-state index contributed by atoms with van der Waals surface area (Å²) in [5.74, 6) is 1.13. The summed E-state index contributed by atoms with van der Waals surface area (Å²) in [7, 11) is 0. The fourth-order valence-electron chi connectivity index (χ4n) is 5.56. The zero-order valence-corrected chi connectivity index (χ0v) is 18.7. The van der Waals surface area contributed by atoms with Gasteiger partial charge in [-0.2, -0.15) is 0 Å². The maximum atomic E-state index is 5.28.